The molecule has 0 unspecified atom stereocenters. The molecular formula is C23H23N5O2. The molecule has 3 aromatic rings. The molecule has 1 fully saturated rings. The molecule has 30 heavy (non-hydrogen) atoms. The Hall–Kier alpha value is -3.74. The van der Waals surface area contributed by atoms with Crippen molar-refractivity contribution >= 4 is 40.6 Å². The number of anilines is 1. The Morgan fingerprint density at radius 2 is 1.87 bits per heavy atom. The molecule has 0 saturated heterocycles. The molecule has 1 heterocycles. The number of hydrogen-bond donors (Lipinski definition) is 3. The summed E-state index contributed by atoms with van der Waals surface area (Å²) >= 11 is 0. The fourth-order valence-electron chi connectivity index (χ4n) is 3.83. The van der Waals surface area contributed by atoms with Crippen LogP contribution in [0.25, 0.3) is 22.2 Å². The monoisotopic (exact) mass is 401 g/mol. The lowest BCUT2D eigenvalue weighted by atomic mass is 10.1. The van der Waals surface area contributed by atoms with E-state index in [0.29, 0.717) is 29.0 Å². The standard InChI is InChI=1S/C23H23N5O2/c24-23(25-14-29)28-20-13-19(15-7-2-1-3-8-15)26-21-17(20)11-6-12-18(21)27-22(30)16-9-4-5-10-16/h1-3,6-8,11-14,16H,4-5,9-10H2,(H,27,30)(H3,24,25,26,28,29). The van der Waals surface area contributed by atoms with E-state index in [1.54, 1.807) is 0 Å². The number of nitrogens with one attached hydrogen (secondary N) is 2. The number of pyridine rings is 1. The zero-order valence-corrected chi connectivity index (χ0v) is 16.5. The second-order valence-corrected chi connectivity index (χ2v) is 7.32. The van der Waals surface area contributed by atoms with E-state index >= 15 is 0 Å². The second kappa shape index (κ2) is 8.73. The first-order chi connectivity index (χ1) is 14.7. The molecule has 2 amide bonds. The predicted octanol–water partition coefficient (Wildman–Crippen LogP) is 3.72. The van der Waals surface area contributed by atoms with E-state index < -0.39 is 0 Å². The van der Waals surface area contributed by atoms with Crippen molar-refractivity contribution in [2.75, 3.05) is 5.32 Å². The third-order valence-corrected chi connectivity index (χ3v) is 5.32. The molecule has 0 bridgehead atoms. The molecule has 4 N–H and O–H groups in total. The van der Waals surface area contributed by atoms with Crippen molar-refractivity contribution in [1.82, 2.24) is 10.3 Å². The second-order valence-electron chi connectivity index (χ2n) is 7.32. The van der Waals surface area contributed by atoms with E-state index in [1.165, 1.54) is 0 Å². The van der Waals surface area contributed by atoms with Gasteiger partial charge in [0.15, 0.2) is 5.96 Å². The summed E-state index contributed by atoms with van der Waals surface area (Å²) in [6.45, 7) is 0. The summed E-state index contributed by atoms with van der Waals surface area (Å²) < 4.78 is 0. The van der Waals surface area contributed by atoms with E-state index in [0.717, 1.165) is 36.6 Å². The summed E-state index contributed by atoms with van der Waals surface area (Å²) in [5, 5.41) is 6.15. The number of aliphatic imine (C=N–C) groups is 1. The van der Waals surface area contributed by atoms with Crippen LogP contribution in [-0.2, 0) is 9.59 Å². The van der Waals surface area contributed by atoms with Gasteiger partial charge in [0.2, 0.25) is 12.3 Å². The molecule has 4 rings (SSSR count). The van der Waals surface area contributed by atoms with Gasteiger partial charge in [0, 0.05) is 16.9 Å². The Balaban J connectivity index is 1.84. The highest BCUT2D eigenvalue weighted by Crippen LogP contribution is 2.34. The van der Waals surface area contributed by atoms with Crippen molar-refractivity contribution in [2.24, 2.45) is 16.6 Å². The minimum atomic E-state index is -0.0168. The number of rotatable bonds is 5. The molecule has 0 atom stereocenters. The summed E-state index contributed by atoms with van der Waals surface area (Å²) in [5.41, 5.74) is 9.25. The van der Waals surface area contributed by atoms with Gasteiger partial charge < -0.3 is 11.1 Å². The van der Waals surface area contributed by atoms with E-state index in [4.69, 9.17) is 10.7 Å². The lowest BCUT2D eigenvalue weighted by Crippen LogP contribution is -2.29. The smallest absolute Gasteiger partial charge is 0.227 e. The Bertz CT molecular complexity index is 1110. The maximum absolute atomic E-state index is 12.7. The van der Waals surface area contributed by atoms with Crippen molar-refractivity contribution in [2.45, 2.75) is 25.7 Å². The van der Waals surface area contributed by atoms with Crippen molar-refractivity contribution in [1.29, 1.82) is 0 Å². The zero-order chi connectivity index (χ0) is 20.9. The summed E-state index contributed by atoms with van der Waals surface area (Å²) in [6.07, 6.45) is 4.50. The van der Waals surface area contributed by atoms with Gasteiger partial charge >= 0.3 is 0 Å². The molecule has 1 aliphatic rings. The summed E-state index contributed by atoms with van der Waals surface area (Å²) in [6, 6.07) is 17.1. The van der Waals surface area contributed by atoms with E-state index in [-0.39, 0.29) is 17.8 Å². The normalized spacial score (nSPS) is 14.6. The number of aromatic nitrogens is 1. The Labute approximate surface area is 174 Å². The highest BCUT2D eigenvalue weighted by atomic mass is 16.2. The van der Waals surface area contributed by atoms with Crippen LogP contribution in [0.1, 0.15) is 25.7 Å². The largest absolute Gasteiger partial charge is 0.369 e. The van der Waals surface area contributed by atoms with E-state index in [1.807, 2.05) is 54.6 Å². The van der Waals surface area contributed by atoms with Gasteiger partial charge in [-0.1, -0.05) is 55.3 Å². The summed E-state index contributed by atoms with van der Waals surface area (Å²) in [4.78, 5) is 32.6. The fraction of sp³-hybridized carbons (Fsp3) is 0.217. The van der Waals surface area contributed by atoms with E-state index in [2.05, 4.69) is 15.6 Å². The highest BCUT2D eigenvalue weighted by molar-refractivity contribution is 6.06. The van der Waals surface area contributed by atoms with Gasteiger partial charge in [-0.3, -0.25) is 14.9 Å². The van der Waals surface area contributed by atoms with Crippen LogP contribution >= 0.6 is 0 Å². The first-order valence-electron chi connectivity index (χ1n) is 10.00. The van der Waals surface area contributed by atoms with Crippen LogP contribution in [0.3, 0.4) is 0 Å². The maximum Gasteiger partial charge on any atom is 0.227 e. The average molecular weight is 401 g/mol. The van der Waals surface area contributed by atoms with Gasteiger partial charge in [-0.15, -0.1) is 0 Å². The third kappa shape index (κ3) is 4.15. The minimum absolute atomic E-state index is 0.0168. The lowest BCUT2D eigenvalue weighted by molar-refractivity contribution is -0.119. The first-order valence-corrected chi connectivity index (χ1v) is 10.00. The van der Waals surface area contributed by atoms with Gasteiger partial charge in [0.05, 0.1) is 22.6 Å². The molecule has 7 heteroatoms. The van der Waals surface area contributed by atoms with Crippen molar-refractivity contribution in [3.05, 3.63) is 54.6 Å². The number of nitrogens with two attached hydrogens (primary N) is 1. The van der Waals surface area contributed by atoms with E-state index in [9.17, 15) is 9.59 Å². The van der Waals surface area contributed by atoms with Crippen LogP contribution in [0.15, 0.2) is 59.6 Å². The predicted molar refractivity (Wildman–Crippen MR) is 118 cm³/mol. The Morgan fingerprint density at radius 3 is 2.60 bits per heavy atom. The molecule has 1 aromatic heterocycles. The first kappa shape index (κ1) is 19.6. The van der Waals surface area contributed by atoms with Crippen LogP contribution in [-0.4, -0.2) is 23.3 Å². The lowest BCUT2D eigenvalue weighted by Gasteiger charge is -2.14. The Morgan fingerprint density at radius 1 is 1.10 bits per heavy atom. The number of carbonyl (C=O) groups is 2. The molecule has 0 radical (unpaired) electrons. The number of carbonyl (C=O) groups excluding carboxylic acids is 2. The number of nitrogens with zero attached hydrogens (tertiary/aromatic N) is 2. The number of guanidine groups is 1. The van der Waals surface area contributed by atoms with Gasteiger partial charge in [-0.25, -0.2) is 9.98 Å². The van der Waals surface area contributed by atoms with Crippen LogP contribution in [0.4, 0.5) is 11.4 Å². The van der Waals surface area contributed by atoms with Crippen LogP contribution < -0.4 is 16.4 Å². The van der Waals surface area contributed by atoms with Crippen LogP contribution in [0, 0.1) is 5.92 Å². The van der Waals surface area contributed by atoms with Gasteiger partial charge in [-0.2, -0.15) is 0 Å². The number of benzene rings is 2. The van der Waals surface area contributed by atoms with Crippen molar-refractivity contribution in [3.8, 4) is 11.3 Å². The minimum Gasteiger partial charge on any atom is -0.369 e. The third-order valence-electron chi connectivity index (χ3n) is 5.32. The van der Waals surface area contributed by atoms with Crippen molar-refractivity contribution < 1.29 is 9.59 Å². The van der Waals surface area contributed by atoms with Crippen molar-refractivity contribution in [3.63, 3.8) is 0 Å². The number of hydrogen-bond acceptors (Lipinski definition) is 4. The summed E-state index contributed by atoms with van der Waals surface area (Å²) in [7, 11) is 0. The summed E-state index contributed by atoms with van der Waals surface area (Å²) in [5.74, 6) is 0.0542. The Kier molecular flexibility index (Phi) is 5.70. The average Bonchev–Trinajstić information content (AvgIpc) is 3.30. The zero-order valence-electron chi connectivity index (χ0n) is 16.5. The van der Waals surface area contributed by atoms with Crippen LogP contribution in [0.5, 0.6) is 0 Å². The topological polar surface area (TPSA) is 109 Å². The van der Waals surface area contributed by atoms with Gasteiger partial charge in [0.1, 0.15) is 0 Å². The number of fused-ring (bicyclic) bond motifs is 1. The molecule has 0 spiro atoms. The molecule has 7 nitrogen and oxygen atoms in total. The quantitative estimate of drug-likeness (QED) is 0.344. The number of amides is 2. The van der Waals surface area contributed by atoms with Crippen LogP contribution in [0.2, 0.25) is 0 Å². The van der Waals surface area contributed by atoms with Gasteiger partial charge in [-0.05, 0) is 25.0 Å². The molecule has 1 aliphatic carbocycles. The highest BCUT2D eigenvalue weighted by Gasteiger charge is 2.23. The van der Waals surface area contributed by atoms with Gasteiger partial charge in [0.25, 0.3) is 0 Å². The fourth-order valence-corrected chi connectivity index (χ4v) is 3.83. The maximum atomic E-state index is 12.7. The molecule has 1 saturated carbocycles. The SMILES string of the molecule is NC(=Nc1cc(-c2ccccc2)nc2c(NC(=O)C3CCCC3)cccc12)NC=O. The molecular weight excluding hydrogens is 378 g/mol. The molecule has 2 aromatic carbocycles. The molecule has 0 aliphatic heterocycles. The number of para-hydroxylation sites is 1. The molecule has 152 valence electrons.